The lowest BCUT2D eigenvalue weighted by molar-refractivity contribution is -0.131. The number of rotatable bonds is 3. The third kappa shape index (κ3) is 2.83. The van der Waals surface area contributed by atoms with Gasteiger partial charge in [-0.3, -0.25) is 19.6 Å². The van der Waals surface area contributed by atoms with Crippen molar-refractivity contribution >= 4 is 5.91 Å². The summed E-state index contributed by atoms with van der Waals surface area (Å²) >= 11 is 0. The number of hydrogen-bond acceptors (Lipinski definition) is 4. The predicted molar refractivity (Wildman–Crippen MR) is 77.1 cm³/mol. The van der Waals surface area contributed by atoms with Crippen LogP contribution in [0.2, 0.25) is 0 Å². The van der Waals surface area contributed by atoms with Gasteiger partial charge in [-0.05, 0) is 18.1 Å². The second kappa shape index (κ2) is 5.89. The Labute approximate surface area is 120 Å². The molecule has 3 heterocycles. The molecule has 2 aliphatic rings. The molecule has 0 bridgehead atoms. The van der Waals surface area contributed by atoms with Gasteiger partial charge < -0.3 is 4.90 Å². The summed E-state index contributed by atoms with van der Waals surface area (Å²) in [7, 11) is 1.90. The first-order valence-electron chi connectivity index (χ1n) is 7.34. The smallest absolute Gasteiger partial charge is 0.239 e. The summed E-state index contributed by atoms with van der Waals surface area (Å²) in [4.78, 5) is 22.8. The molecule has 3 rings (SSSR count). The second-order valence-corrected chi connectivity index (χ2v) is 5.74. The third-order valence-corrected chi connectivity index (χ3v) is 4.38. The Hall–Kier alpha value is -1.46. The molecule has 1 unspecified atom stereocenters. The van der Waals surface area contributed by atoms with Crippen LogP contribution in [0.5, 0.6) is 0 Å². The molecule has 0 N–H and O–H groups in total. The molecule has 0 aromatic carbocycles. The van der Waals surface area contributed by atoms with Gasteiger partial charge in [-0.2, -0.15) is 0 Å². The number of amides is 1. The van der Waals surface area contributed by atoms with Crippen molar-refractivity contribution in [2.24, 2.45) is 0 Å². The molecule has 0 saturated carbocycles. The van der Waals surface area contributed by atoms with Gasteiger partial charge in [0.2, 0.25) is 5.91 Å². The molecular formula is C15H22N4O. The van der Waals surface area contributed by atoms with Gasteiger partial charge in [0.05, 0.1) is 6.04 Å². The second-order valence-electron chi connectivity index (χ2n) is 5.74. The van der Waals surface area contributed by atoms with E-state index < -0.39 is 0 Å². The number of piperazine rings is 1. The highest BCUT2D eigenvalue weighted by atomic mass is 16.2. The monoisotopic (exact) mass is 274 g/mol. The first kappa shape index (κ1) is 13.5. The lowest BCUT2D eigenvalue weighted by Gasteiger charge is -2.37. The summed E-state index contributed by atoms with van der Waals surface area (Å²) in [5.74, 6) is 0.297. The maximum atomic E-state index is 12.0. The summed E-state index contributed by atoms with van der Waals surface area (Å²) in [6.07, 6.45) is 4.73. The van der Waals surface area contributed by atoms with Crippen LogP contribution in [0.15, 0.2) is 24.5 Å². The van der Waals surface area contributed by atoms with Gasteiger partial charge in [0.25, 0.3) is 0 Å². The van der Waals surface area contributed by atoms with Gasteiger partial charge in [0.1, 0.15) is 0 Å². The van der Waals surface area contributed by atoms with Gasteiger partial charge in [-0.25, -0.2) is 0 Å². The lowest BCUT2D eigenvalue weighted by Crippen LogP contribution is -2.52. The zero-order chi connectivity index (χ0) is 13.9. The van der Waals surface area contributed by atoms with Crippen molar-refractivity contribution in [3.8, 4) is 0 Å². The van der Waals surface area contributed by atoms with Crippen LogP contribution in [0.1, 0.15) is 12.0 Å². The molecule has 20 heavy (non-hydrogen) atoms. The molecule has 1 amide bonds. The van der Waals surface area contributed by atoms with Gasteiger partial charge in [0, 0.05) is 58.7 Å². The van der Waals surface area contributed by atoms with Crippen molar-refractivity contribution in [2.45, 2.75) is 19.0 Å². The molecule has 2 fully saturated rings. The first-order valence-corrected chi connectivity index (χ1v) is 7.34. The van der Waals surface area contributed by atoms with Crippen molar-refractivity contribution in [1.82, 2.24) is 19.7 Å². The van der Waals surface area contributed by atoms with E-state index in [1.54, 1.807) is 0 Å². The highest BCUT2D eigenvalue weighted by Gasteiger charge is 2.35. The average molecular weight is 274 g/mol. The standard InChI is InChI=1S/C15H22N4O/c1-17-6-4-14(15(17)20)19-9-7-18(8-10-19)12-13-3-2-5-16-11-13/h2-3,5,11,14H,4,6-10,12H2,1H3. The minimum absolute atomic E-state index is 0.126. The highest BCUT2D eigenvalue weighted by molar-refractivity contribution is 5.83. The van der Waals surface area contributed by atoms with E-state index >= 15 is 0 Å². The Morgan fingerprint density at radius 2 is 2.05 bits per heavy atom. The van der Waals surface area contributed by atoms with E-state index in [1.165, 1.54) is 5.56 Å². The summed E-state index contributed by atoms with van der Waals surface area (Å²) in [5.41, 5.74) is 1.26. The van der Waals surface area contributed by atoms with E-state index in [2.05, 4.69) is 20.9 Å². The average Bonchev–Trinajstić information content (AvgIpc) is 2.81. The maximum Gasteiger partial charge on any atom is 0.239 e. The number of aromatic nitrogens is 1. The quantitative estimate of drug-likeness (QED) is 0.801. The van der Waals surface area contributed by atoms with E-state index in [0.717, 1.165) is 45.7 Å². The molecule has 2 aliphatic heterocycles. The Morgan fingerprint density at radius 1 is 1.25 bits per heavy atom. The Bertz CT molecular complexity index is 456. The summed E-state index contributed by atoms with van der Waals surface area (Å²) in [5, 5.41) is 0. The van der Waals surface area contributed by atoms with Crippen LogP contribution in [0.25, 0.3) is 0 Å². The lowest BCUT2D eigenvalue weighted by atomic mass is 10.1. The van der Waals surface area contributed by atoms with Crippen LogP contribution in [-0.2, 0) is 11.3 Å². The number of hydrogen-bond donors (Lipinski definition) is 0. The van der Waals surface area contributed by atoms with Crippen LogP contribution < -0.4 is 0 Å². The number of likely N-dealkylation sites (N-methyl/N-ethyl adjacent to an activating group) is 1. The van der Waals surface area contributed by atoms with Crippen LogP contribution in [0.4, 0.5) is 0 Å². The molecule has 1 atom stereocenters. The zero-order valence-electron chi connectivity index (χ0n) is 12.0. The molecule has 1 aromatic heterocycles. The Balaban J connectivity index is 1.51. The number of likely N-dealkylation sites (tertiary alicyclic amines) is 1. The molecule has 0 radical (unpaired) electrons. The fourth-order valence-electron chi connectivity index (χ4n) is 3.13. The van der Waals surface area contributed by atoms with Crippen molar-refractivity contribution in [2.75, 3.05) is 39.8 Å². The number of carbonyl (C=O) groups is 1. The molecule has 5 nitrogen and oxygen atoms in total. The van der Waals surface area contributed by atoms with E-state index in [1.807, 2.05) is 30.4 Å². The summed E-state index contributed by atoms with van der Waals surface area (Å²) in [6.45, 7) is 5.90. The molecule has 108 valence electrons. The van der Waals surface area contributed by atoms with Gasteiger partial charge in [-0.15, -0.1) is 0 Å². The number of carbonyl (C=O) groups excluding carboxylic acids is 1. The van der Waals surface area contributed by atoms with Crippen molar-refractivity contribution < 1.29 is 4.79 Å². The minimum Gasteiger partial charge on any atom is -0.344 e. The SMILES string of the molecule is CN1CCC(N2CCN(Cc3cccnc3)CC2)C1=O. The van der Waals surface area contributed by atoms with Crippen molar-refractivity contribution in [3.05, 3.63) is 30.1 Å². The number of nitrogens with zero attached hydrogens (tertiary/aromatic N) is 4. The molecule has 1 aromatic rings. The minimum atomic E-state index is 0.126. The molecule has 2 saturated heterocycles. The maximum absolute atomic E-state index is 12.0. The molecule has 0 spiro atoms. The van der Waals surface area contributed by atoms with Crippen LogP contribution >= 0.6 is 0 Å². The Kier molecular flexibility index (Phi) is 3.98. The fourth-order valence-corrected chi connectivity index (χ4v) is 3.13. The van der Waals surface area contributed by atoms with Crippen LogP contribution in [0.3, 0.4) is 0 Å². The van der Waals surface area contributed by atoms with Crippen molar-refractivity contribution in [3.63, 3.8) is 0 Å². The van der Waals surface area contributed by atoms with Crippen molar-refractivity contribution in [1.29, 1.82) is 0 Å². The van der Waals surface area contributed by atoms with Crippen LogP contribution in [-0.4, -0.2) is 71.4 Å². The largest absolute Gasteiger partial charge is 0.344 e. The zero-order valence-corrected chi connectivity index (χ0v) is 12.0. The van der Waals surface area contributed by atoms with E-state index in [9.17, 15) is 4.79 Å². The van der Waals surface area contributed by atoms with E-state index in [0.29, 0.717) is 5.91 Å². The normalized spacial score (nSPS) is 25.4. The summed E-state index contributed by atoms with van der Waals surface area (Å²) in [6, 6.07) is 4.23. The van der Waals surface area contributed by atoms with Crippen LogP contribution in [0, 0.1) is 0 Å². The molecular weight excluding hydrogens is 252 g/mol. The fraction of sp³-hybridized carbons (Fsp3) is 0.600. The number of pyridine rings is 1. The highest BCUT2D eigenvalue weighted by Crippen LogP contribution is 2.18. The predicted octanol–water partition coefficient (Wildman–Crippen LogP) is 0.430. The van der Waals surface area contributed by atoms with Gasteiger partial charge in [-0.1, -0.05) is 6.07 Å². The third-order valence-electron chi connectivity index (χ3n) is 4.38. The summed E-state index contributed by atoms with van der Waals surface area (Å²) < 4.78 is 0. The van der Waals surface area contributed by atoms with E-state index in [-0.39, 0.29) is 6.04 Å². The van der Waals surface area contributed by atoms with Gasteiger partial charge >= 0.3 is 0 Å². The first-order chi connectivity index (χ1) is 9.74. The molecule has 0 aliphatic carbocycles. The van der Waals surface area contributed by atoms with Gasteiger partial charge in [0.15, 0.2) is 0 Å². The topological polar surface area (TPSA) is 39.7 Å². The molecule has 5 heteroatoms. The Morgan fingerprint density at radius 3 is 2.65 bits per heavy atom. The van der Waals surface area contributed by atoms with E-state index in [4.69, 9.17) is 0 Å².